The maximum absolute atomic E-state index is 12.3. The number of aromatic nitrogens is 4. The summed E-state index contributed by atoms with van der Waals surface area (Å²) < 4.78 is 7.33. The first-order valence-corrected chi connectivity index (χ1v) is 9.84. The largest absolute Gasteiger partial charge is 0.382 e. The van der Waals surface area contributed by atoms with Crippen LogP contribution < -0.4 is 16.4 Å². The highest BCUT2D eigenvalue weighted by Crippen LogP contribution is 2.33. The van der Waals surface area contributed by atoms with E-state index in [0.29, 0.717) is 30.5 Å². The van der Waals surface area contributed by atoms with E-state index in [1.807, 2.05) is 50.4 Å². The van der Waals surface area contributed by atoms with Gasteiger partial charge >= 0.3 is 6.03 Å². The molecule has 3 aromatic heterocycles. The summed E-state index contributed by atoms with van der Waals surface area (Å²) in [5.41, 5.74) is 11.3. The summed E-state index contributed by atoms with van der Waals surface area (Å²) in [5, 5.41) is 9.79. The standard InChI is InChI=1S/C22H23N7O2/c1-3-31-12-16-11-29-20(21(23)25-13-26-29)19(16)15-4-6-17(7-5-15)27-22(30)28-18-10-14(2)8-9-24-18/h4-11,13H,3,12H2,1-2H3,(H2,23,25,26)(H2,24,27,28,30). The van der Waals surface area contributed by atoms with E-state index in [1.54, 1.807) is 16.8 Å². The van der Waals surface area contributed by atoms with E-state index in [9.17, 15) is 4.79 Å². The molecule has 1 aromatic carbocycles. The van der Waals surface area contributed by atoms with Gasteiger partial charge in [-0.1, -0.05) is 12.1 Å². The Morgan fingerprint density at radius 2 is 1.97 bits per heavy atom. The number of hydrogen-bond donors (Lipinski definition) is 3. The van der Waals surface area contributed by atoms with Gasteiger partial charge < -0.3 is 15.8 Å². The summed E-state index contributed by atoms with van der Waals surface area (Å²) >= 11 is 0. The fourth-order valence-electron chi connectivity index (χ4n) is 3.33. The molecule has 0 spiro atoms. The van der Waals surface area contributed by atoms with Crippen molar-refractivity contribution in [2.45, 2.75) is 20.5 Å². The molecule has 4 aromatic rings. The van der Waals surface area contributed by atoms with Gasteiger partial charge in [0, 0.05) is 35.8 Å². The normalized spacial score (nSPS) is 10.9. The van der Waals surface area contributed by atoms with Crippen molar-refractivity contribution < 1.29 is 9.53 Å². The molecule has 0 aliphatic heterocycles. The summed E-state index contributed by atoms with van der Waals surface area (Å²) in [6, 6.07) is 10.8. The third-order valence-corrected chi connectivity index (χ3v) is 4.73. The van der Waals surface area contributed by atoms with E-state index in [4.69, 9.17) is 10.5 Å². The predicted molar refractivity (Wildman–Crippen MR) is 120 cm³/mol. The number of amides is 2. The van der Waals surface area contributed by atoms with Crippen molar-refractivity contribution in [1.82, 2.24) is 19.6 Å². The second kappa shape index (κ2) is 8.80. The zero-order valence-corrected chi connectivity index (χ0v) is 17.3. The molecule has 9 heteroatoms. The van der Waals surface area contributed by atoms with Gasteiger partial charge in [-0.05, 0) is 49.2 Å². The lowest BCUT2D eigenvalue weighted by atomic mass is 10.0. The average Bonchev–Trinajstić information content (AvgIpc) is 3.12. The van der Waals surface area contributed by atoms with Gasteiger partial charge in [0.25, 0.3) is 0 Å². The number of ether oxygens (including phenoxy) is 1. The Morgan fingerprint density at radius 3 is 2.71 bits per heavy atom. The maximum Gasteiger partial charge on any atom is 0.324 e. The highest BCUT2D eigenvalue weighted by atomic mass is 16.5. The maximum atomic E-state index is 12.3. The van der Waals surface area contributed by atoms with E-state index in [2.05, 4.69) is 25.7 Å². The second-order valence-corrected chi connectivity index (χ2v) is 6.98. The molecular formula is C22H23N7O2. The number of anilines is 3. The van der Waals surface area contributed by atoms with E-state index < -0.39 is 0 Å². The molecular weight excluding hydrogens is 394 g/mol. The van der Waals surface area contributed by atoms with Crippen molar-refractivity contribution in [2.24, 2.45) is 0 Å². The van der Waals surface area contributed by atoms with Crippen molar-refractivity contribution in [3.05, 3.63) is 66.2 Å². The van der Waals surface area contributed by atoms with Crippen LogP contribution in [0, 0.1) is 6.92 Å². The topological polar surface area (TPSA) is 119 Å². The van der Waals surface area contributed by atoms with Gasteiger partial charge in [0.2, 0.25) is 0 Å². The molecule has 158 valence electrons. The van der Waals surface area contributed by atoms with Crippen LogP contribution in [0.3, 0.4) is 0 Å². The number of carbonyl (C=O) groups is 1. The molecule has 0 aliphatic carbocycles. The summed E-state index contributed by atoms with van der Waals surface area (Å²) in [6.45, 7) is 4.91. The molecule has 0 radical (unpaired) electrons. The van der Waals surface area contributed by atoms with Gasteiger partial charge in [-0.3, -0.25) is 5.32 Å². The number of fused-ring (bicyclic) bond motifs is 1. The minimum Gasteiger partial charge on any atom is -0.382 e. The van der Waals surface area contributed by atoms with Crippen LogP contribution in [-0.4, -0.2) is 32.2 Å². The quantitative estimate of drug-likeness (QED) is 0.438. The third kappa shape index (κ3) is 4.46. The van der Waals surface area contributed by atoms with Gasteiger partial charge in [0.15, 0.2) is 5.82 Å². The smallest absolute Gasteiger partial charge is 0.324 e. The molecule has 0 bridgehead atoms. The van der Waals surface area contributed by atoms with Crippen LogP contribution in [0.5, 0.6) is 0 Å². The predicted octanol–water partition coefficient (Wildman–Crippen LogP) is 3.86. The zero-order chi connectivity index (χ0) is 21.8. The number of benzene rings is 1. The Bertz CT molecular complexity index is 1220. The van der Waals surface area contributed by atoms with Gasteiger partial charge in [0.1, 0.15) is 17.7 Å². The number of nitrogens with one attached hydrogen (secondary N) is 2. The molecule has 0 unspecified atom stereocenters. The SMILES string of the molecule is CCOCc1cn2ncnc(N)c2c1-c1ccc(NC(=O)Nc2cc(C)ccn2)cc1. The van der Waals surface area contributed by atoms with Crippen LogP contribution in [0.1, 0.15) is 18.1 Å². The lowest BCUT2D eigenvalue weighted by Gasteiger charge is -2.10. The average molecular weight is 417 g/mol. The summed E-state index contributed by atoms with van der Waals surface area (Å²) in [4.78, 5) is 20.5. The van der Waals surface area contributed by atoms with Crippen LogP contribution in [0.15, 0.2) is 55.1 Å². The molecule has 9 nitrogen and oxygen atoms in total. The van der Waals surface area contributed by atoms with Crippen molar-refractivity contribution in [3.8, 4) is 11.1 Å². The highest BCUT2D eigenvalue weighted by molar-refractivity contribution is 5.99. The van der Waals surface area contributed by atoms with Crippen molar-refractivity contribution in [3.63, 3.8) is 0 Å². The number of urea groups is 1. The Kier molecular flexibility index (Phi) is 5.76. The fourth-order valence-corrected chi connectivity index (χ4v) is 3.33. The number of nitrogen functional groups attached to an aromatic ring is 1. The van der Waals surface area contributed by atoms with Gasteiger partial charge in [-0.15, -0.1) is 0 Å². The first-order chi connectivity index (χ1) is 15.0. The van der Waals surface area contributed by atoms with Gasteiger partial charge in [-0.2, -0.15) is 5.10 Å². The molecule has 0 saturated heterocycles. The number of pyridine rings is 1. The summed E-state index contributed by atoms with van der Waals surface area (Å²) in [5.74, 6) is 0.880. The molecule has 0 aliphatic rings. The van der Waals surface area contributed by atoms with E-state index in [0.717, 1.165) is 27.8 Å². The van der Waals surface area contributed by atoms with Gasteiger partial charge in [0.05, 0.1) is 6.61 Å². The van der Waals surface area contributed by atoms with E-state index in [1.165, 1.54) is 6.33 Å². The third-order valence-electron chi connectivity index (χ3n) is 4.73. The molecule has 31 heavy (non-hydrogen) atoms. The number of nitrogens with two attached hydrogens (primary N) is 1. The van der Waals surface area contributed by atoms with Crippen molar-refractivity contribution in [2.75, 3.05) is 23.0 Å². The van der Waals surface area contributed by atoms with Crippen LogP contribution in [0.4, 0.5) is 22.1 Å². The van der Waals surface area contributed by atoms with Crippen LogP contribution >= 0.6 is 0 Å². The van der Waals surface area contributed by atoms with Crippen LogP contribution in [0.25, 0.3) is 16.6 Å². The monoisotopic (exact) mass is 417 g/mol. The van der Waals surface area contributed by atoms with Gasteiger partial charge in [-0.25, -0.2) is 19.3 Å². The minimum atomic E-state index is -0.366. The van der Waals surface area contributed by atoms with Crippen molar-refractivity contribution in [1.29, 1.82) is 0 Å². The molecule has 3 heterocycles. The second-order valence-electron chi connectivity index (χ2n) is 6.98. The number of carbonyl (C=O) groups excluding carboxylic acids is 1. The number of aryl methyl sites for hydroxylation is 1. The Morgan fingerprint density at radius 1 is 1.16 bits per heavy atom. The molecule has 2 amide bonds. The highest BCUT2D eigenvalue weighted by Gasteiger charge is 2.17. The first-order valence-electron chi connectivity index (χ1n) is 9.84. The van der Waals surface area contributed by atoms with E-state index in [-0.39, 0.29) is 6.03 Å². The summed E-state index contributed by atoms with van der Waals surface area (Å²) in [7, 11) is 0. The Labute approximate surface area is 179 Å². The molecule has 0 saturated carbocycles. The van der Waals surface area contributed by atoms with E-state index >= 15 is 0 Å². The number of rotatable bonds is 6. The molecule has 0 fully saturated rings. The molecule has 4 rings (SSSR count). The van der Waals surface area contributed by atoms with Crippen LogP contribution in [-0.2, 0) is 11.3 Å². The van der Waals surface area contributed by atoms with Crippen LogP contribution in [0.2, 0.25) is 0 Å². The molecule has 4 N–H and O–H groups in total. The van der Waals surface area contributed by atoms with Crippen molar-refractivity contribution >= 4 is 28.9 Å². The first kappa shape index (κ1) is 20.3. The zero-order valence-electron chi connectivity index (χ0n) is 17.3. The lowest BCUT2D eigenvalue weighted by Crippen LogP contribution is -2.20. The number of hydrogen-bond acceptors (Lipinski definition) is 6. The molecule has 0 atom stereocenters. The summed E-state index contributed by atoms with van der Waals surface area (Å²) in [6.07, 6.45) is 4.97. The number of nitrogens with zero attached hydrogens (tertiary/aromatic N) is 4. The Balaban J connectivity index is 1.58. The Hall–Kier alpha value is -3.98. The lowest BCUT2D eigenvalue weighted by molar-refractivity contribution is 0.134. The minimum absolute atomic E-state index is 0.366. The fraction of sp³-hybridized carbons (Fsp3) is 0.182.